The molecule has 0 bridgehead atoms. The summed E-state index contributed by atoms with van der Waals surface area (Å²) in [6.45, 7) is 4.37. The fraction of sp³-hybridized carbons (Fsp3) is 0.320. The number of nitrogens with zero attached hydrogens (tertiary/aromatic N) is 2. The van der Waals surface area contributed by atoms with Crippen molar-refractivity contribution in [2.24, 2.45) is 0 Å². The highest BCUT2D eigenvalue weighted by atomic mass is 16.5. The normalized spacial score (nSPS) is 18.4. The standard InChI is InChI=1S/C25H27N3O3/c1-18(2)26-24(30)25(14-9-15-28(25)23(29)20-12-7-4-8-13-20)17-21-16-22(27-31-21)19-10-5-3-6-11-19/h3-8,10-13,16,18H,9,14-15,17H2,1-2H3,(H,26,30)/t25-/m0/s1. The molecule has 0 saturated carbocycles. The molecule has 1 aliphatic heterocycles. The van der Waals surface area contributed by atoms with E-state index in [1.807, 2.05) is 68.4 Å². The van der Waals surface area contributed by atoms with Crippen molar-refractivity contribution in [3.05, 3.63) is 78.1 Å². The summed E-state index contributed by atoms with van der Waals surface area (Å²) < 4.78 is 5.63. The van der Waals surface area contributed by atoms with E-state index in [2.05, 4.69) is 10.5 Å². The van der Waals surface area contributed by atoms with Crippen molar-refractivity contribution in [1.82, 2.24) is 15.4 Å². The van der Waals surface area contributed by atoms with Gasteiger partial charge in [-0.25, -0.2) is 0 Å². The molecule has 6 nitrogen and oxygen atoms in total. The molecule has 0 radical (unpaired) electrons. The maximum Gasteiger partial charge on any atom is 0.254 e. The van der Waals surface area contributed by atoms with Crippen molar-refractivity contribution in [2.75, 3.05) is 6.54 Å². The van der Waals surface area contributed by atoms with Crippen molar-refractivity contribution >= 4 is 11.8 Å². The quantitative estimate of drug-likeness (QED) is 0.656. The Hall–Kier alpha value is -3.41. The molecule has 3 aromatic rings. The molecule has 1 fully saturated rings. The molecular formula is C25H27N3O3. The Bertz CT molecular complexity index is 1050. The van der Waals surface area contributed by atoms with Gasteiger partial charge in [0.2, 0.25) is 5.91 Å². The van der Waals surface area contributed by atoms with E-state index in [0.717, 1.165) is 12.0 Å². The molecular weight excluding hydrogens is 390 g/mol. The molecule has 1 N–H and O–H groups in total. The minimum atomic E-state index is -1.01. The molecule has 1 atom stereocenters. The van der Waals surface area contributed by atoms with E-state index in [-0.39, 0.29) is 24.3 Å². The van der Waals surface area contributed by atoms with Gasteiger partial charge in [-0.3, -0.25) is 9.59 Å². The molecule has 2 aromatic carbocycles. The van der Waals surface area contributed by atoms with E-state index >= 15 is 0 Å². The number of nitrogens with one attached hydrogen (secondary N) is 1. The zero-order valence-electron chi connectivity index (χ0n) is 17.9. The first-order valence-electron chi connectivity index (χ1n) is 10.7. The second-order valence-electron chi connectivity index (χ2n) is 8.31. The Morgan fingerprint density at radius 3 is 2.45 bits per heavy atom. The largest absolute Gasteiger partial charge is 0.361 e. The van der Waals surface area contributed by atoms with Gasteiger partial charge in [0.1, 0.15) is 17.0 Å². The van der Waals surface area contributed by atoms with Crippen LogP contribution in [0.3, 0.4) is 0 Å². The highest BCUT2D eigenvalue weighted by Crippen LogP contribution is 2.35. The van der Waals surface area contributed by atoms with Gasteiger partial charge in [0, 0.05) is 36.2 Å². The number of hydrogen-bond donors (Lipinski definition) is 1. The lowest BCUT2D eigenvalue weighted by Gasteiger charge is -2.37. The number of amides is 2. The number of benzene rings is 2. The van der Waals surface area contributed by atoms with Crippen LogP contribution in [-0.2, 0) is 11.2 Å². The molecule has 6 heteroatoms. The number of aromatic nitrogens is 1. The zero-order valence-corrected chi connectivity index (χ0v) is 17.9. The number of carbonyl (C=O) groups excluding carboxylic acids is 2. The minimum absolute atomic E-state index is 0.0340. The van der Waals surface area contributed by atoms with Gasteiger partial charge in [0.15, 0.2) is 0 Å². The monoisotopic (exact) mass is 417 g/mol. The SMILES string of the molecule is CC(C)NC(=O)[C@@]1(Cc2cc(-c3ccccc3)no2)CCCN1C(=O)c1ccccc1. The molecule has 4 rings (SSSR count). The molecule has 2 heterocycles. The summed E-state index contributed by atoms with van der Waals surface area (Å²) in [4.78, 5) is 28.5. The van der Waals surface area contributed by atoms with Crippen LogP contribution in [0.2, 0.25) is 0 Å². The zero-order chi connectivity index (χ0) is 21.8. The van der Waals surface area contributed by atoms with Crippen LogP contribution in [0, 0.1) is 0 Å². The number of carbonyl (C=O) groups is 2. The summed E-state index contributed by atoms with van der Waals surface area (Å²) in [7, 11) is 0. The van der Waals surface area contributed by atoms with Crippen LogP contribution in [0.25, 0.3) is 11.3 Å². The molecule has 2 amide bonds. The first-order chi connectivity index (χ1) is 15.0. The lowest BCUT2D eigenvalue weighted by atomic mass is 9.88. The van der Waals surface area contributed by atoms with Crippen molar-refractivity contribution < 1.29 is 14.1 Å². The molecule has 1 aromatic heterocycles. The van der Waals surface area contributed by atoms with E-state index in [0.29, 0.717) is 30.0 Å². The van der Waals surface area contributed by atoms with E-state index in [9.17, 15) is 9.59 Å². The summed E-state index contributed by atoms with van der Waals surface area (Å²) in [5.74, 6) is 0.298. The van der Waals surface area contributed by atoms with Crippen LogP contribution in [0.4, 0.5) is 0 Å². The maximum absolute atomic E-state index is 13.4. The topological polar surface area (TPSA) is 75.4 Å². The van der Waals surface area contributed by atoms with Gasteiger partial charge in [-0.05, 0) is 38.8 Å². The average Bonchev–Trinajstić information content (AvgIpc) is 3.42. The molecule has 1 saturated heterocycles. The van der Waals surface area contributed by atoms with Crippen LogP contribution >= 0.6 is 0 Å². The highest BCUT2D eigenvalue weighted by Gasteiger charge is 2.50. The summed E-state index contributed by atoms with van der Waals surface area (Å²) in [6, 6.07) is 20.7. The fourth-order valence-electron chi connectivity index (χ4n) is 4.24. The third-order valence-corrected chi connectivity index (χ3v) is 5.69. The van der Waals surface area contributed by atoms with Gasteiger partial charge in [0.05, 0.1) is 0 Å². The summed E-state index contributed by atoms with van der Waals surface area (Å²) in [6.07, 6.45) is 1.61. The Morgan fingerprint density at radius 1 is 1.10 bits per heavy atom. The molecule has 1 aliphatic rings. The predicted octanol–water partition coefficient (Wildman–Crippen LogP) is 4.08. The maximum atomic E-state index is 13.4. The number of likely N-dealkylation sites (tertiary alicyclic amines) is 1. The molecule has 31 heavy (non-hydrogen) atoms. The van der Waals surface area contributed by atoms with Crippen LogP contribution < -0.4 is 5.32 Å². The minimum Gasteiger partial charge on any atom is -0.361 e. The lowest BCUT2D eigenvalue weighted by Crippen LogP contribution is -2.59. The summed E-state index contributed by atoms with van der Waals surface area (Å²) in [5, 5.41) is 7.22. The van der Waals surface area contributed by atoms with Gasteiger partial charge >= 0.3 is 0 Å². The Labute approximate surface area is 182 Å². The van der Waals surface area contributed by atoms with Gasteiger partial charge in [0.25, 0.3) is 5.91 Å². The lowest BCUT2D eigenvalue weighted by molar-refractivity contribution is -0.131. The van der Waals surface area contributed by atoms with E-state index in [1.54, 1.807) is 17.0 Å². The third kappa shape index (κ3) is 4.24. The second-order valence-corrected chi connectivity index (χ2v) is 8.31. The second kappa shape index (κ2) is 8.76. The molecule has 0 unspecified atom stereocenters. The van der Waals surface area contributed by atoms with Gasteiger partial charge in [-0.15, -0.1) is 0 Å². The van der Waals surface area contributed by atoms with E-state index < -0.39 is 5.54 Å². The fourth-order valence-corrected chi connectivity index (χ4v) is 4.24. The number of hydrogen-bond acceptors (Lipinski definition) is 4. The summed E-state index contributed by atoms with van der Waals surface area (Å²) in [5.41, 5.74) is 1.23. The number of rotatable bonds is 6. The van der Waals surface area contributed by atoms with Crippen molar-refractivity contribution in [2.45, 2.75) is 44.7 Å². The van der Waals surface area contributed by atoms with Gasteiger partial charge in [-0.1, -0.05) is 53.7 Å². The predicted molar refractivity (Wildman–Crippen MR) is 118 cm³/mol. The van der Waals surface area contributed by atoms with Crippen LogP contribution in [-0.4, -0.2) is 40.0 Å². The first kappa shape index (κ1) is 20.8. The van der Waals surface area contributed by atoms with Crippen LogP contribution in [0.5, 0.6) is 0 Å². The molecule has 0 aliphatic carbocycles. The van der Waals surface area contributed by atoms with Gasteiger partial charge < -0.3 is 14.7 Å². The van der Waals surface area contributed by atoms with Crippen molar-refractivity contribution in [1.29, 1.82) is 0 Å². The Kier molecular flexibility index (Phi) is 5.89. The molecule has 160 valence electrons. The first-order valence-corrected chi connectivity index (χ1v) is 10.7. The Balaban J connectivity index is 1.68. The highest BCUT2D eigenvalue weighted by molar-refractivity contribution is 6.00. The average molecular weight is 418 g/mol. The Morgan fingerprint density at radius 2 is 1.77 bits per heavy atom. The summed E-state index contributed by atoms with van der Waals surface area (Å²) >= 11 is 0. The van der Waals surface area contributed by atoms with Gasteiger partial charge in [-0.2, -0.15) is 0 Å². The van der Waals surface area contributed by atoms with Crippen molar-refractivity contribution in [3.8, 4) is 11.3 Å². The third-order valence-electron chi connectivity index (χ3n) is 5.69. The van der Waals surface area contributed by atoms with E-state index in [4.69, 9.17) is 4.52 Å². The van der Waals surface area contributed by atoms with Crippen LogP contribution in [0.1, 0.15) is 42.8 Å². The van der Waals surface area contributed by atoms with Crippen LogP contribution in [0.15, 0.2) is 71.3 Å². The van der Waals surface area contributed by atoms with Crippen molar-refractivity contribution in [3.63, 3.8) is 0 Å². The smallest absolute Gasteiger partial charge is 0.254 e. The van der Waals surface area contributed by atoms with E-state index in [1.165, 1.54) is 0 Å². The molecule has 0 spiro atoms.